The van der Waals surface area contributed by atoms with E-state index >= 15 is 0 Å². The minimum absolute atomic E-state index is 0.198. The highest BCUT2D eigenvalue weighted by atomic mass is 19.1. The van der Waals surface area contributed by atoms with Gasteiger partial charge in [0, 0.05) is 12.1 Å². The maximum absolute atomic E-state index is 13.1. The molecule has 1 atom stereocenters. The minimum Gasteiger partial charge on any atom is -0.493 e. The van der Waals surface area contributed by atoms with Crippen LogP contribution in [-0.4, -0.2) is 12.6 Å². The van der Waals surface area contributed by atoms with Gasteiger partial charge in [-0.3, -0.25) is 0 Å². The Bertz CT molecular complexity index is 312. The van der Waals surface area contributed by atoms with Gasteiger partial charge in [0.25, 0.3) is 0 Å². The van der Waals surface area contributed by atoms with E-state index in [2.05, 4.69) is 0 Å². The highest BCUT2D eigenvalue weighted by Gasteiger charge is 2.00. The molecule has 1 rings (SSSR count). The van der Waals surface area contributed by atoms with Gasteiger partial charge in [-0.15, -0.1) is 0 Å². The third-order valence-electron chi connectivity index (χ3n) is 2.22. The van der Waals surface area contributed by atoms with Gasteiger partial charge < -0.3 is 10.5 Å². The lowest BCUT2D eigenvalue weighted by Crippen LogP contribution is -2.15. The van der Waals surface area contributed by atoms with Crippen molar-refractivity contribution in [3.63, 3.8) is 0 Å². The van der Waals surface area contributed by atoms with E-state index in [1.807, 2.05) is 6.92 Å². The Kier molecular flexibility index (Phi) is 4.56. The van der Waals surface area contributed by atoms with Crippen molar-refractivity contribution in [2.75, 3.05) is 6.61 Å². The van der Waals surface area contributed by atoms with Gasteiger partial charge in [0.2, 0.25) is 0 Å². The second-order valence-electron chi connectivity index (χ2n) is 3.88. The Morgan fingerprint density at radius 1 is 1.47 bits per heavy atom. The molecule has 0 aliphatic heterocycles. The number of hydrogen-bond acceptors (Lipinski definition) is 2. The first-order valence-corrected chi connectivity index (χ1v) is 5.24. The van der Waals surface area contributed by atoms with Gasteiger partial charge >= 0.3 is 0 Å². The highest BCUT2D eigenvalue weighted by Crippen LogP contribution is 2.16. The average Bonchev–Trinajstić information content (AvgIpc) is 2.18. The molecule has 0 spiro atoms. The topological polar surface area (TPSA) is 35.2 Å². The summed E-state index contributed by atoms with van der Waals surface area (Å²) in [4.78, 5) is 0. The third kappa shape index (κ3) is 4.30. The van der Waals surface area contributed by atoms with Crippen LogP contribution in [0.2, 0.25) is 0 Å². The molecule has 0 fully saturated rings. The van der Waals surface area contributed by atoms with Crippen LogP contribution < -0.4 is 10.5 Å². The van der Waals surface area contributed by atoms with Crippen molar-refractivity contribution in [2.45, 2.75) is 32.7 Å². The smallest absolute Gasteiger partial charge is 0.129 e. The van der Waals surface area contributed by atoms with Crippen LogP contribution in [-0.2, 0) is 0 Å². The first-order valence-electron chi connectivity index (χ1n) is 5.24. The van der Waals surface area contributed by atoms with Crippen molar-refractivity contribution in [1.29, 1.82) is 0 Å². The molecule has 3 heteroatoms. The van der Waals surface area contributed by atoms with Crippen molar-refractivity contribution >= 4 is 0 Å². The van der Waals surface area contributed by atoms with Crippen molar-refractivity contribution in [3.05, 3.63) is 29.6 Å². The van der Waals surface area contributed by atoms with E-state index in [0.717, 1.165) is 12.8 Å². The fourth-order valence-electron chi connectivity index (χ4n) is 1.26. The minimum atomic E-state index is -0.223. The maximum Gasteiger partial charge on any atom is 0.129 e. The van der Waals surface area contributed by atoms with E-state index in [4.69, 9.17) is 10.5 Å². The summed E-state index contributed by atoms with van der Waals surface area (Å²) in [7, 11) is 0. The van der Waals surface area contributed by atoms with E-state index in [0.29, 0.717) is 17.9 Å². The van der Waals surface area contributed by atoms with Gasteiger partial charge in [-0.2, -0.15) is 0 Å². The predicted octanol–water partition coefficient (Wildman–Crippen LogP) is 2.64. The second kappa shape index (κ2) is 5.71. The van der Waals surface area contributed by atoms with Crippen molar-refractivity contribution in [1.82, 2.24) is 0 Å². The number of halogens is 1. The van der Waals surface area contributed by atoms with Gasteiger partial charge in [-0.1, -0.05) is 6.07 Å². The second-order valence-corrected chi connectivity index (χ2v) is 3.88. The van der Waals surface area contributed by atoms with Gasteiger partial charge in [-0.25, -0.2) is 4.39 Å². The Hall–Kier alpha value is -1.09. The van der Waals surface area contributed by atoms with Crippen LogP contribution in [0.25, 0.3) is 0 Å². The van der Waals surface area contributed by atoms with Crippen LogP contribution in [0, 0.1) is 12.7 Å². The van der Waals surface area contributed by atoms with E-state index in [-0.39, 0.29) is 11.9 Å². The molecule has 0 aliphatic carbocycles. The monoisotopic (exact) mass is 211 g/mol. The van der Waals surface area contributed by atoms with Crippen LogP contribution in [0.1, 0.15) is 25.3 Å². The molecule has 1 aromatic rings. The summed E-state index contributed by atoms with van der Waals surface area (Å²) in [6, 6.07) is 5.12. The summed E-state index contributed by atoms with van der Waals surface area (Å²) in [6.45, 7) is 4.28. The molecule has 0 bridgehead atoms. The predicted molar refractivity (Wildman–Crippen MR) is 59.5 cm³/mol. The molecular formula is C12H18FNO. The molecule has 15 heavy (non-hydrogen) atoms. The number of hydrogen-bond donors (Lipinski definition) is 1. The first kappa shape index (κ1) is 12.0. The van der Waals surface area contributed by atoms with Crippen LogP contribution in [0.4, 0.5) is 4.39 Å². The molecule has 0 saturated heterocycles. The SMILES string of the molecule is Cc1ccc(OCCCC(C)N)cc1F. The highest BCUT2D eigenvalue weighted by molar-refractivity contribution is 5.27. The van der Waals surface area contributed by atoms with Crippen molar-refractivity contribution < 1.29 is 9.13 Å². The molecule has 0 heterocycles. The summed E-state index contributed by atoms with van der Waals surface area (Å²) < 4.78 is 18.5. The zero-order valence-corrected chi connectivity index (χ0v) is 9.29. The average molecular weight is 211 g/mol. The number of rotatable bonds is 5. The quantitative estimate of drug-likeness (QED) is 0.760. The summed E-state index contributed by atoms with van der Waals surface area (Å²) in [5.41, 5.74) is 6.24. The fraction of sp³-hybridized carbons (Fsp3) is 0.500. The van der Waals surface area contributed by atoms with Gasteiger partial charge in [0.15, 0.2) is 0 Å². The third-order valence-corrected chi connectivity index (χ3v) is 2.22. The van der Waals surface area contributed by atoms with Crippen molar-refractivity contribution in [3.8, 4) is 5.75 Å². The molecule has 2 nitrogen and oxygen atoms in total. The Balaban J connectivity index is 2.35. The number of nitrogens with two attached hydrogens (primary N) is 1. The summed E-state index contributed by atoms with van der Waals surface area (Å²) in [5.74, 6) is 0.363. The number of benzene rings is 1. The molecule has 2 N–H and O–H groups in total. The van der Waals surface area contributed by atoms with E-state index in [9.17, 15) is 4.39 Å². The normalized spacial score (nSPS) is 12.5. The van der Waals surface area contributed by atoms with Gasteiger partial charge in [0.05, 0.1) is 6.61 Å². The zero-order valence-electron chi connectivity index (χ0n) is 9.29. The van der Waals surface area contributed by atoms with Crippen LogP contribution in [0.15, 0.2) is 18.2 Å². The van der Waals surface area contributed by atoms with E-state index in [1.54, 1.807) is 19.1 Å². The molecule has 0 saturated carbocycles. The molecule has 0 amide bonds. The number of ether oxygens (including phenoxy) is 1. The summed E-state index contributed by atoms with van der Waals surface area (Å²) >= 11 is 0. The maximum atomic E-state index is 13.1. The fourth-order valence-corrected chi connectivity index (χ4v) is 1.26. The molecule has 1 aromatic carbocycles. The van der Waals surface area contributed by atoms with Crippen molar-refractivity contribution in [2.24, 2.45) is 5.73 Å². The van der Waals surface area contributed by atoms with E-state index < -0.39 is 0 Å². The lowest BCUT2D eigenvalue weighted by atomic mass is 10.2. The lowest BCUT2D eigenvalue weighted by molar-refractivity contribution is 0.301. The van der Waals surface area contributed by atoms with Crippen LogP contribution in [0.3, 0.4) is 0 Å². The van der Waals surface area contributed by atoms with Gasteiger partial charge in [0.1, 0.15) is 11.6 Å². The van der Waals surface area contributed by atoms with E-state index in [1.165, 1.54) is 6.07 Å². The first-order chi connectivity index (χ1) is 7.09. The molecule has 0 radical (unpaired) electrons. The lowest BCUT2D eigenvalue weighted by Gasteiger charge is -2.08. The molecule has 0 aliphatic rings. The summed E-state index contributed by atoms with van der Waals surface area (Å²) in [6.07, 6.45) is 1.82. The summed E-state index contributed by atoms with van der Waals surface area (Å²) in [5, 5.41) is 0. The Morgan fingerprint density at radius 3 is 2.80 bits per heavy atom. The standard InChI is InChI=1S/C12H18FNO/c1-9-5-6-11(8-12(9)13)15-7-3-4-10(2)14/h5-6,8,10H,3-4,7,14H2,1-2H3. The number of aryl methyl sites for hydroxylation is 1. The van der Waals surface area contributed by atoms with Gasteiger partial charge in [-0.05, 0) is 38.3 Å². The zero-order chi connectivity index (χ0) is 11.3. The largest absolute Gasteiger partial charge is 0.493 e. The van der Waals surface area contributed by atoms with Crippen LogP contribution >= 0.6 is 0 Å². The molecule has 84 valence electrons. The Labute approximate surface area is 90.2 Å². The molecule has 1 unspecified atom stereocenters. The molecule has 0 aromatic heterocycles. The molecular weight excluding hydrogens is 193 g/mol. The van der Waals surface area contributed by atoms with Crippen LogP contribution in [0.5, 0.6) is 5.75 Å². The Morgan fingerprint density at radius 2 is 2.20 bits per heavy atom.